The molecule has 1 saturated heterocycles. The van der Waals surface area contributed by atoms with Crippen LogP contribution >= 0.6 is 0 Å². The van der Waals surface area contributed by atoms with E-state index in [4.69, 9.17) is 9.84 Å². The van der Waals surface area contributed by atoms with Gasteiger partial charge in [0.05, 0.1) is 6.61 Å². The minimum Gasteiger partial charge on any atom is -0.493 e. The first-order chi connectivity index (χ1) is 10.8. The van der Waals surface area contributed by atoms with E-state index < -0.39 is 5.97 Å². The van der Waals surface area contributed by atoms with E-state index in [1.165, 1.54) is 5.39 Å². The lowest BCUT2D eigenvalue weighted by molar-refractivity contribution is -0.142. The monoisotopic (exact) mass is 299 g/mol. The smallest absolute Gasteiger partial charge is 0.320 e. The van der Waals surface area contributed by atoms with E-state index in [0.717, 1.165) is 43.5 Å². The van der Waals surface area contributed by atoms with Crippen LogP contribution in [-0.4, -0.2) is 41.7 Å². The van der Waals surface area contributed by atoms with Crippen LogP contribution in [0.25, 0.3) is 10.8 Å². The number of ether oxygens (including phenoxy) is 1. The summed E-state index contributed by atoms with van der Waals surface area (Å²) in [5, 5.41) is 11.5. The second-order valence-corrected chi connectivity index (χ2v) is 5.71. The van der Waals surface area contributed by atoms with Crippen molar-refractivity contribution in [2.45, 2.75) is 25.3 Å². The summed E-state index contributed by atoms with van der Waals surface area (Å²) in [5.41, 5.74) is 0. The molecule has 0 saturated carbocycles. The molecule has 1 unspecified atom stereocenters. The molecule has 4 heteroatoms. The Balaban J connectivity index is 1.54. The van der Waals surface area contributed by atoms with Crippen molar-refractivity contribution in [1.29, 1.82) is 0 Å². The number of benzene rings is 2. The summed E-state index contributed by atoms with van der Waals surface area (Å²) in [6, 6.07) is 13.9. The normalized spacial score (nSPS) is 18.6. The number of carbonyl (C=O) groups is 1. The first-order valence-electron chi connectivity index (χ1n) is 7.83. The fourth-order valence-electron chi connectivity index (χ4n) is 3.14. The zero-order valence-electron chi connectivity index (χ0n) is 12.6. The molecule has 1 N–H and O–H groups in total. The van der Waals surface area contributed by atoms with Crippen molar-refractivity contribution in [3.63, 3.8) is 0 Å². The number of fused-ring (bicyclic) bond motifs is 1. The standard InChI is InChI=1S/C18H21NO3/c20-18(21)16-9-4-11-19(16)12-5-13-22-17-10-3-7-14-6-1-2-8-15(14)17/h1-3,6-8,10,16H,4-5,9,11-13H2,(H,20,21). The van der Waals surface area contributed by atoms with Gasteiger partial charge in [0.25, 0.3) is 0 Å². The Kier molecular flexibility index (Phi) is 4.59. The minimum atomic E-state index is -0.701. The Morgan fingerprint density at radius 1 is 1.23 bits per heavy atom. The highest BCUT2D eigenvalue weighted by molar-refractivity contribution is 5.88. The van der Waals surface area contributed by atoms with Crippen LogP contribution < -0.4 is 4.74 Å². The SMILES string of the molecule is O=C(O)C1CCCN1CCCOc1cccc2ccccc12. The lowest BCUT2D eigenvalue weighted by Crippen LogP contribution is -2.36. The molecule has 116 valence electrons. The molecule has 1 aliphatic heterocycles. The van der Waals surface area contributed by atoms with Crippen LogP contribution in [0.4, 0.5) is 0 Å². The molecule has 0 radical (unpaired) electrons. The minimum absolute atomic E-state index is 0.308. The second kappa shape index (κ2) is 6.79. The number of aliphatic carboxylic acids is 1. The summed E-state index contributed by atoms with van der Waals surface area (Å²) in [5.74, 6) is 0.196. The maximum absolute atomic E-state index is 11.1. The highest BCUT2D eigenvalue weighted by Crippen LogP contribution is 2.25. The van der Waals surface area contributed by atoms with Gasteiger partial charge in [0.2, 0.25) is 0 Å². The second-order valence-electron chi connectivity index (χ2n) is 5.71. The summed E-state index contributed by atoms with van der Waals surface area (Å²) < 4.78 is 5.90. The van der Waals surface area contributed by atoms with Gasteiger partial charge in [-0.15, -0.1) is 0 Å². The van der Waals surface area contributed by atoms with Crippen molar-refractivity contribution in [2.24, 2.45) is 0 Å². The summed E-state index contributed by atoms with van der Waals surface area (Å²) in [6.07, 6.45) is 2.58. The van der Waals surface area contributed by atoms with Crippen molar-refractivity contribution in [3.05, 3.63) is 42.5 Å². The van der Waals surface area contributed by atoms with Gasteiger partial charge in [-0.3, -0.25) is 9.69 Å². The molecular weight excluding hydrogens is 278 g/mol. The number of nitrogens with zero attached hydrogens (tertiary/aromatic N) is 1. The zero-order chi connectivity index (χ0) is 15.4. The van der Waals surface area contributed by atoms with E-state index in [1.807, 2.05) is 24.3 Å². The summed E-state index contributed by atoms with van der Waals surface area (Å²) in [6.45, 7) is 2.27. The Labute approximate surface area is 130 Å². The average Bonchev–Trinajstić information content (AvgIpc) is 3.00. The molecule has 0 amide bonds. The third kappa shape index (κ3) is 3.22. The van der Waals surface area contributed by atoms with Crippen LogP contribution in [0.3, 0.4) is 0 Å². The number of hydrogen-bond acceptors (Lipinski definition) is 3. The third-order valence-electron chi connectivity index (χ3n) is 4.25. The lowest BCUT2D eigenvalue weighted by atomic mass is 10.1. The van der Waals surface area contributed by atoms with Crippen LogP contribution in [0.15, 0.2) is 42.5 Å². The zero-order valence-corrected chi connectivity index (χ0v) is 12.6. The number of carboxylic acid groups (broad SMARTS) is 1. The number of hydrogen-bond donors (Lipinski definition) is 1. The van der Waals surface area contributed by atoms with Crippen molar-refractivity contribution in [3.8, 4) is 5.75 Å². The van der Waals surface area contributed by atoms with Crippen LogP contribution in [-0.2, 0) is 4.79 Å². The molecule has 22 heavy (non-hydrogen) atoms. The van der Waals surface area contributed by atoms with Crippen molar-refractivity contribution >= 4 is 16.7 Å². The summed E-state index contributed by atoms with van der Waals surface area (Å²) in [7, 11) is 0. The van der Waals surface area contributed by atoms with Gasteiger partial charge >= 0.3 is 5.97 Å². The van der Waals surface area contributed by atoms with E-state index in [-0.39, 0.29) is 6.04 Å². The molecule has 0 aliphatic carbocycles. The number of likely N-dealkylation sites (tertiary alicyclic amines) is 1. The summed E-state index contributed by atoms with van der Waals surface area (Å²) in [4.78, 5) is 13.2. The maximum Gasteiger partial charge on any atom is 0.320 e. The van der Waals surface area contributed by atoms with Crippen LogP contribution in [0.5, 0.6) is 5.75 Å². The molecule has 1 heterocycles. The molecule has 0 bridgehead atoms. The maximum atomic E-state index is 11.1. The first-order valence-corrected chi connectivity index (χ1v) is 7.83. The fraction of sp³-hybridized carbons (Fsp3) is 0.389. The molecule has 1 aliphatic rings. The van der Waals surface area contributed by atoms with Gasteiger partial charge in [0.1, 0.15) is 11.8 Å². The van der Waals surface area contributed by atoms with Gasteiger partial charge in [-0.05, 0) is 37.3 Å². The van der Waals surface area contributed by atoms with E-state index >= 15 is 0 Å². The van der Waals surface area contributed by atoms with Gasteiger partial charge in [-0.2, -0.15) is 0 Å². The van der Waals surface area contributed by atoms with Crippen LogP contribution in [0.2, 0.25) is 0 Å². The topological polar surface area (TPSA) is 49.8 Å². The first kappa shape index (κ1) is 14.9. The average molecular weight is 299 g/mol. The van der Waals surface area contributed by atoms with E-state index in [9.17, 15) is 4.79 Å². The van der Waals surface area contributed by atoms with Gasteiger partial charge < -0.3 is 9.84 Å². The Hall–Kier alpha value is -2.07. The number of rotatable bonds is 6. The Morgan fingerprint density at radius 3 is 2.91 bits per heavy atom. The van der Waals surface area contributed by atoms with Crippen LogP contribution in [0.1, 0.15) is 19.3 Å². The van der Waals surface area contributed by atoms with Crippen molar-refractivity contribution < 1.29 is 14.6 Å². The van der Waals surface area contributed by atoms with E-state index in [2.05, 4.69) is 23.1 Å². The summed E-state index contributed by atoms with van der Waals surface area (Å²) >= 11 is 0. The van der Waals surface area contributed by atoms with Gasteiger partial charge in [-0.25, -0.2) is 0 Å². The molecule has 0 aromatic heterocycles. The fourth-order valence-corrected chi connectivity index (χ4v) is 3.14. The Morgan fingerprint density at radius 2 is 2.05 bits per heavy atom. The largest absolute Gasteiger partial charge is 0.493 e. The lowest BCUT2D eigenvalue weighted by Gasteiger charge is -2.20. The highest BCUT2D eigenvalue weighted by Gasteiger charge is 2.29. The van der Waals surface area contributed by atoms with Crippen LogP contribution in [0, 0.1) is 0 Å². The molecule has 2 aromatic rings. The predicted molar refractivity (Wildman–Crippen MR) is 86.3 cm³/mol. The molecule has 0 spiro atoms. The predicted octanol–water partition coefficient (Wildman–Crippen LogP) is 3.16. The molecule has 3 rings (SSSR count). The van der Waals surface area contributed by atoms with Crippen molar-refractivity contribution in [2.75, 3.05) is 19.7 Å². The van der Waals surface area contributed by atoms with E-state index in [0.29, 0.717) is 6.61 Å². The quantitative estimate of drug-likeness (QED) is 0.832. The van der Waals surface area contributed by atoms with Gasteiger partial charge in [0, 0.05) is 11.9 Å². The van der Waals surface area contributed by atoms with Crippen molar-refractivity contribution in [1.82, 2.24) is 4.90 Å². The molecular formula is C18H21NO3. The van der Waals surface area contributed by atoms with E-state index in [1.54, 1.807) is 0 Å². The molecule has 1 fully saturated rings. The third-order valence-corrected chi connectivity index (χ3v) is 4.25. The Bertz CT molecular complexity index is 650. The van der Waals surface area contributed by atoms with Gasteiger partial charge in [-0.1, -0.05) is 36.4 Å². The molecule has 1 atom stereocenters. The molecule has 2 aromatic carbocycles. The highest BCUT2D eigenvalue weighted by atomic mass is 16.5. The molecule has 4 nitrogen and oxygen atoms in total. The van der Waals surface area contributed by atoms with Gasteiger partial charge in [0.15, 0.2) is 0 Å². The number of carboxylic acids is 1.